The molecule has 0 radical (unpaired) electrons. The molecule has 0 aliphatic heterocycles. The fraction of sp³-hybridized carbons (Fsp3) is 0.643. The van der Waals surface area contributed by atoms with Crippen LogP contribution in [0.15, 0.2) is 6.33 Å². The van der Waals surface area contributed by atoms with Crippen molar-refractivity contribution in [1.82, 2.24) is 15.3 Å². The highest BCUT2D eigenvalue weighted by molar-refractivity contribution is 5.85. The smallest absolute Gasteiger partial charge is 0.242 e. The van der Waals surface area contributed by atoms with Crippen molar-refractivity contribution in [1.29, 1.82) is 0 Å². The molecule has 7 nitrogen and oxygen atoms in total. The summed E-state index contributed by atoms with van der Waals surface area (Å²) in [5.74, 6) is 0.565. The molecule has 0 saturated carbocycles. The van der Waals surface area contributed by atoms with Crippen molar-refractivity contribution >= 4 is 17.4 Å². The third-order valence-electron chi connectivity index (χ3n) is 2.44. The highest BCUT2D eigenvalue weighted by Gasteiger charge is 2.21. The monoisotopic (exact) mass is 295 g/mol. The molecule has 1 aromatic heterocycles. The lowest BCUT2D eigenvalue weighted by Crippen LogP contribution is -2.47. The molecule has 0 aliphatic rings. The molecule has 1 heterocycles. The van der Waals surface area contributed by atoms with Crippen LogP contribution in [0, 0.1) is 0 Å². The first kappa shape index (κ1) is 17.0. The molecule has 0 aromatic carbocycles. The van der Waals surface area contributed by atoms with Gasteiger partial charge in [0, 0.05) is 5.54 Å². The number of rotatable bonds is 5. The number of nitrogens with one attached hydrogen (secondary N) is 2. The van der Waals surface area contributed by atoms with Crippen molar-refractivity contribution in [2.45, 2.75) is 59.2 Å². The number of aromatic nitrogens is 2. The molecular weight excluding hydrogens is 270 g/mol. The minimum absolute atomic E-state index is 0.0448. The van der Waals surface area contributed by atoms with E-state index in [2.05, 4.69) is 20.6 Å². The molecule has 0 aliphatic carbocycles. The minimum atomic E-state index is -0.478. The van der Waals surface area contributed by atoms with Gasteiger partial charge >= 0.3 is 0 Å². The number of carbonyl (C=O) groups is 1. The van der Waals surface area contributed by atoms with Crippen LogP contribution in [0.2, 0.25) is 0 Å². The molecule has 1 atom stereocenters. The standard InChI is InChI=1S/C14H25N5O2/c1-8(2)21-13-10(15)11(16-7-17-13)18-9(3)12(20)19-14(4,5)6/h7-9H,15H2,1-6H3,(H,19,20)(H,16,17,18). The van der Waals surface area contributed by atoms with Crippen LogP contribution in [-0.2, 0) is 4.79 Å². The third-order valence-corrected chi connectivity index (χ3v) is 2.44. The molecule has 1 rings (SSSR count). The summed E-state index contributed by atoms with van der Waals surface area (Å²) in [5.41, 5.74) is 5.96. The third kappa shape index (κ3) is 5.45. The average Bonchev–Trinajstić information content (AvgIpc) is 2.31. The predicted molar refractivity (Wildman–Crippen MR) is 83.2 cm³/mol. The maximum absolute atomic E-state index is 12.0. The zero-order valence-corrected chi connectivity index (χ0v) is 13.5. The van der Waals surface area contributed by atoms with E-state index in [9.17, 15) is 4.79 Å². The number of hydrogen-bond donors (Lipinski definition) is 3. The summed E-state index contributed by atoms with van der Waals surface area (Å²) in [5, 5.41) is 5.87. The average molecular weight is 295 g/mol. The number of anilines is 2. The van der Waals surface area contributed by atoms with E-state index in [1.807, 2.05) is 34.6 Å². The second kappa shape index (κ2) is 6.60. The van der Waals surface area contributed by atoms with E-state index in [1.54, 1.807) is 6.92 Å². The quantitative estimate of drug-likeness (QED) is 0.762. The fourth-order valence-electron chi connectivity index (χ4n) is 1.56. The van der Waals surface area contributed by atoms with Crippen LogP contribution in [0.4, 0.5) is 11.5 Å². The molecule has 0 spiro atoms. The molecule has 7 heteroatoms. The maximum atomic E-state index is 12.0. The van der Waals surface area contributed by atoms with Gasteiger partial charge in [-0.15, -0.1) is 0 Å². The number of carbonyl (C=O) groups excluding carboxylic acids is 1. The topological polar surface area (TPSA) is 102 Å². The Morgan fingerprint density at radius 1 is 1.29 bits per heavy atom. The largest absolute Gasteiger partial charge is 0.473 e. The number of nitrogens with zero attached hydrogens (tertiary/aromatic N) is 2. The van der Waals surface area contributed by atoms with E-state index in [1.165, 1.54) is 6.33 Å². The van der Waals surface area contributed by atoms with Gasteiger partial charge in [0.05, 0.1) is 6.10 Å². The lowest BCUT2D eigenvalue weighted by molar-refractivity contribution is -0.122. The Kier molecular flexibility index (Phi) is 5.34. The molecule has 1 amide bonds. The normalized spacial score (nSPS) is 12.9. The van der Waals surface area contributed by atoms with E-state index in [0.717, 1.165) is 0 Å². The van der Waals surface area contributed by atoms with Gasteiger partial charge in [0.15, 0.2) is 5.82 Å². The summed E-state index contributed by atoms with van der Waals surface area (Å²) in [6, 6.07) is -0.478. The van der Waals surface area contributed by atoms with Gasteiger partial charge in [-0.3, -0.25) is 4.79 Å². The van der Waals surface area contributed by atoms with Gasteiger partial charge < -0.3 is 21.1 Å². The zero-order valence-electron chi connectivity index (χ0n) is 13.5. The van der Waals surface area contributed by atoms with Crippen LogP contribution in [0.3, 0.4) is 0 Å². The molecular formula is C14H25N5O2. The number of amides is 1. The highest BCUT2D eigenvalue weighted by atomic mass is 16.5. The SMILES string of the molecule is CC(C)Oc1ncnc(NC(C)C(=O)NC(C)(C)C)c1N. The van der Waals surface area contributed by atoms with E-state index >= 15 is 0 Å². The molecule has 4 N–H and O–H groups in total. The molecule has 118 valence electrons. The van der Waals surface area contributed by atoms with Crippen LogP contribution < -0.4 is 21.1 Å². The lowest BCUT2D eigenvalue weighted by atomic mass is 10.1. The Morgan fingerprint density at radius 3 is 2.43 bits per heavy atom. The second-order valence-corrected chi connectivity index (χ2v) is 6.21. The first-order valence-corrected chi connectivity index (χ1v) is 6.96. The van der Waals surface area contributed by atoms with E-state index in [-0.39, 0.29) is 17.6 Å². The number of nitrogen functional groups attached to an aromatic ring is 1. The Labute approximate surface area is 125 Å². The Bertz CT molecular complexity index is 497. The van der Waals surface area contributed by atoms with Crippen molar-refractivity contribution in [3.8, 4) is 5.88 Å². The summed E-state index contributed by atoms with van der Waals surface area (Å²) in [6.45, 7) is 11.3. The summed E-state index contributed by atoms with van der Waals surface area (Å²) in [6.07, 6.45) is 1.31. The summed E-state index contributed by atoms with van der Waals surface area (Å²) in [7, 11) is 0. The van der Waals surface area contributed by atoms with Gasteiger partial charge in [-0.1, -0.05) is 0 Å². The van der Waals surface area contributed by atoms with Crippen LogP contribution in [0.5, 0.6) is 5.88 Å². The van der Waals surface area contributed by atoms with Gasteiger partial charge in [0.1, 0.15) is 18.1 Å². The van der Waals surface area contributed by atoms with E-state index in [0.29, 0.717) is 17.4 Å². The fourth-order valence-corrected chi connectivity index (χ4v) is 1.56. The van der Waals surface area contributed by atoms with Gasteiger partial charge in [0.25, 0.3) is 0 Å². The number of nitrogens with two attached hydrogens (primary N) is 1. The molecule has 0 saturated heterocycles. The zero-order chi connectivity index (χ0) is 16.2. The first-order chi connectivity index (χ1) is 9.60. The van der Waals surface area contributed by atoms with Crippen molar-refractivity contribution in [3.05, 3.63) is 6.33 Å². The Hall–Kier alpha value is -2.05. The summed E-state index contributed by atoms with van der Waals surface area (Å²) in [4.78, 5) is 20.1. The second-order valence-electron chi connectivity index (χ2n) is 6.21. The molecule has 1 aromatic rings. The summed E-state index contributed by atoms with van der Waals surface area (Å²) < 4.78 is 5.49. The summed E-state index contributed by atoms with van der Waals surface area (Å²) >= 11 is 0. The van der Waals surface area contributed by atoms with Gasteiger partial charge in [0.2, 0.25) is 11.8 Å². The first-order valence-electron chi connectivity index (χ1n) is 6.96. The molecule has 0 bridgehead atoms. The van der Waals surface area contributed by atoms with Crippen molar-refractivity contribution in [3.63, 3.8) is 0 Å². The lowest BCUT2D eigenvalue weighted by Gasteiger charge is -2.24. The Balaban J connectivity index is 2.81. The Morgan fingerprint density at radius 2 is 1.90 bits per heavy atom. The van der Waals surface area contributed by atoms with E-state index < -0.39 is 6.04 Å². The maximum Gasteiger partial charge on any atom is 0.242 e. The molecule has 21 heavy (non-hydrogen) atoms. The van der Waals surface area contributed by atoms with Gasteiger partial charge in [-0.05, 0) is 41.5 Å². The number of hydrogen-bond acceptors (Lipinski definition) is 6. The van der Waals surface area contributed by atoms with Crippen molar-refractivity contribution < 1.29 is 9.53 Å². The minimum Gasteiger partial charge on any atom is -0.473 e. The van der Waals surface area contributed by atoms with Crippen molar-refractivity contribution in [2.24, 2.45) is 0 Å². The highest BCUT2D eigenvalue weighted by Crippen LogP contribution is 2.25. The molecule has 1 unspecified atom stereocenters. The van der Waals surface area contributed by atoms with Crippen LogP contribution in [0.1, 0.15) is 41.5 Å². The van der Waals surface area contributed by atoms with Crippen LogP contribution in [-0.4, -0.2) is 33.6 Å². The van der Waals surface area contributed by atoms with Gasteiger partial charge in [-0.2, -0.15) is 4.98 Å². The van der Waals surface area contributed by atoms with Gasteiger partial charge in [-0.25, -0.2) is 4.98 Å². The van der Waals surface area contributed by atoms with Crippen LogP contribution >= 0.6 is 0 Å². The number of ether oxygens (including phenoxy) is 1. The van der Waals surface area contributed by atoms with Crippen molar-refractivity contribution in [2.75, 3.05) is 11.1 Å². The molecule has 0 fully saturated rings. The predicted octanol–water partition coefficient (Wildman–Crippen LogP) is 1.56. The van der Waals surface area contributed by atoms with Crippen LogP contribution in [0.25, 0.3) is 0 Å². The van der Waals surface area contributed by atoms with E-state index in [4.69, 9.17) is 10.5 Å².